The van der Waals surface area contributed by atoms with E-state index in [2.05, 4.69) is 12.1 Å². The van der Waals surface area contributed by atoms with Crippen LogP contribution in [-0.4, -0.2) is 40.4 Å². The molecule has 0 bridgehead atoms. The second kappa shape index (κ2) is 6.28. The van der Waals surface area contributed by atoms with Crippen molar-refractivity contribution in [3.63, 3.8) is 0 Å². The zero-order chi connectivity index (χ0) is 16.4. The van der Waals surface area contributed by atoms with E-state index in [0.717, 1.165) is 24.3 Å². The fourth-order valence-corrected chi connectivity index (χ4v) is 2.37. The summed E-state index contributed by atoms with van der Waals surface area (Å²) >= 11 is 0. The van der Waals surface area contributed by atoms with Crippen LogP contribution in [0.25, 0.3) is 0 Å². The lowest BCUT2D eigenvalue weighted by atomic mass is 9.93. The highest BCUT2D eigenvalue weighted by atomic mass is 16.6. The standard InChI is InChI=1S/C16H26N2O4/c1-12-10-13(17-22-12)11-20-16(5)6-8-18(9-7-16)14(19)21-15(2,3)4/h10H,6-9,11H2,1-5H3. The topological polar surface area (TPSA) is 64.8 Å². The minimum atomic E-state index is -0.459. The minimum Gasteiger partial charge on any atom is -0.444 e. The minimum absolute atomic E-state index is 0.245. The normalized spacial score (nSPS) is 18.3. The van der Waals surface area contributed by atoms with Gasteiger partial charge in [0.05, 0.1) is 12.2 Å². The molecule has 0 N–H and O–H groups in total. The second-order valence-electron chi connectivity index (χ2n) is 7.13. The Bertz CT molecular complexity index is 510. The zero-order valence-electron chi connectivity index (χ0n) is 14.1. The lowest BCUT2D eigenvalue weighted by Crippen LogP contribution is -2.47. The maximum Gasteiger partial charge on any atom is 0.410 e. The number of aryl methyl sites for hydroxylation is 1. The van der Waals surface area contributed by atoms with Crippen molar-refractivity contribution < 1.29 is 18.8 Å². The number of nitrogens with zero attached hydrogens (tertiary/aromatic N) is 2. The molecule has 2 heterocycles. The van der Waals surface area contributed by atoms with Gasteiger partial charge in [-0.3, -0.25) is 0 Å². The Hall–Kier alpha value is -1.56. The fourth-order valence-electron chi connectivity index (χ4n) is 2.37. The third-order valence-corrected chi connectivity index (χ3v) is 3.72. The maximum absolute atomic E-state index is 12.0. The van der Waals surface area contributed by atoms with E-state index in [1.165, 1.54) is 0 Å². The molecular formula is C16H26N2O4. The summed E-state index contributed by atoms with van der Waals surface area (Å²) in [6.07, 6.45) is 1.31. The summed E-state index contributed by atoms with van der Waals surface area (Å²) in [4.78, 5) is 13.8. The van der Waals surface area contributed by atoms with E-state index >= 15 is 0 Å². The molecule has 0 aromatic carbocycles. The smallest absolute Gasteiger partial charge is 0.410 e. The van der Waals surface area contributed by atoms with Crippen molar-refractivity contribution in [3.05, 3.63) is 17.5 Å². The fraction of sp³-hybridized carbons (Fsp3) is 0.750. The van der Waals surface area contributed by atoms with Gasteiger partial charge in [0.25, 0.3) is 0 Å². The Morgan fingerprint density at radius 1 is 1.41 bits per heavy atom. The maximum atomic E-state index is 12.0. The van der Waals surface area contributed by atoms with E-state index in [9.17, 15) is 4.79 Å². The molecule has 0 radical (unpaired) electrons. The molecule has 0 atom stereocenters. The van der Waals surface area contributed by atoms with Gasteiger partial charge in [-0.25, -0.2) is 4.79 Å². The number of hydrogen-bond donors (Lipinski definition) is 0. The molecule has 1 aromatic heterocycles. The first-order valence-electron chi connectivity index (χ1n) is 7.71. The monoisotopic (exact) mass is 310 g/mol. The molecule has 0 saturated carbocycles. The average Bonchev–Trinajstić information content (AvgIpc) is 2.81. The summed E-state index contributed by atoms with van der Waals surface area (Å²) in [5.74, 6) is 0.781. The number of likely N-dealkylation sites (tertiary alicyclic amines) is 1. The van der Waals surface area contributed by atoms with Crippen LogP contribution in [0.4, 0.5) is 4.79 Å². The van der Waals surface area contributed by atoms with Crippen LogP contribution >= 0.6 is 0 Å². The molecule has 6 nitrogen and oxygen atoms in total. The van der Waals surface area contributed by atoms with Crippen molar-refractivity contribution in [2.75, 3.05) is 13.1 Å². The van der Waals surface area contributed by atoms with Gasteiger partial charge in [0.15, 0.2) is 0 Å². The average molecular weight is 310 g/mol. The summed E-state index contributed by atoms with van der Waals surface area (Å²) in [6.45, 7) is 11.3. The van der Waals surface area contributed by atoms with Crippen LogP contribution in [0.3, 0.4) is 0 Å². The number of piperidine rings is 1. The van der Waals surface area contributed by atoms with Crippen LogP contribution in [-0.2, 0) is 16.1 Å². The van der Waals surface area contributed by atoms with Crippen molar-refractivity contribution >= 4 is 6.09 Å². The van der Waals surface area contributed by atoms with Gasteiger partial charge in [-0.1, -0.05) is 5.16 Å². The van der Waals surface area contributed by atoms with Crippen LogP contribution < -0.4 is 0 Å². The van der Waals surface area contributed by atoms with Crippen molar-refractivity contribution in [1.29, 1.82) is 0 Å². The Labute approximate surface area is 131 Å². The van der Waals surface area contributed by atoms with Gasteiger partial charge >= 0.3 is 6.09 Å². The highest BCUT2D eigenvalue weighted by molar-refractivity contribution is 5.68. The van der Waals surface area contributed by atoms with Crippen LogP contribution in [0, 0.1) is 6.92 Å². The van der Waals surface area contributed by atoms with Crippen LogP contribution in [0.15, 0.2) is 10.6 Å². The third kappa shape index (κ3) is 4.73. The Kier molecular flexibility index (Phi) is 4.80. The molecule has 22 heavy (non-hydrogen) atoms. The summed E-state index contributed by atoms with van der Waals surface area (Å²) in [7, 11) is 0. The Morgan fingerprint density at radius 3 is 2.55 bits per heavy atom. The van der Waals surface area contributed by atoms with E-state index in [1.54, 1.807) is 4.90 Å². The highest BCUT2D eigenvalue weighted by Gasteiger charge is 2.34. The van der Waals surface area contributed by atoms with E-state index < -0.39 is 5.60 Å². The number of carbonyl (C=O) groups excluding carboxylic acids is 1. The van der Waals surface area contributed by atoms with Crippen molar-refractivity contribution in [3.8, 4) is 0 Å². The molecule has 0 unspecified atom stereocenters. The summed E-state index contributed by atoms with van der Waals surface area (Å²) in [5.41, 5.74) is 0.0955. The highest BCUT2D eigenvalue weighted by Crippen LogP contribution is 2.28. The molecule has 2 rings (SSSR count). The van der Waals surface area contributed by atoms with E-state index in [-0.39, 0.29) is 11.7 Å². The van der Waals surface area contributed by atoms with Crippen molar-refractivity contribution in [2.45, 2.75) is 65.3 Å². The van der Waals surface area contributed by atoms with Gasteiger partial charge in [-0.05, 0) is 47.5 Å². The lowest BCUT2D eigenvalue weighted by Gasteiger charge is -2.39. The number of amides is 1. The van der Waals surface area contributed by atoms with Crippen molar-refractivity contribution in [2.24, 2.45) is 0 Å². The van der Waals surface area contributed by atoms with Gasteiger partial charge < -0.3 is 18.9 Å². The van der Waals surface area contributed by atoms with E-state index in [1.807, 2.05) is 33.8 Å². The van der Waals surface area contributed by atoms with Gasteiger partial charge in [0.1, 0.15) is 17.1 Å². The largest absolute Gasteiger partial charge is 0.444 e. The first-order chi connectivity index (χ1) is 10.2. The molecule has 1 fully saturated rings. The molecule has 0 spiro atoms. The molecule has 1 aliphatic heterocycles. The predicted octanol–water partition coefficient (Wildman–Crippen LogP) is 3.29. The first kappa shape index (κ1) is 16.8. The number of ether oxygens (including phenoxy) is 2. The molecule has 1 amide bonds. The van der Waals surface area contributed by atoms with Crippen LogP contribution in [0.2, 0.25) is 0 Å². The van der Waals surface area contributed by atoms with Gasteiger partial charge in [-0.15, -0.1) is 0 Å². The van der Waals surface area contributed by atoms with Crippen LogP contribution in [0.5, 0.6) is 0 Å². The molecule has 1 aromatic rings. The lowest BCUT2D eigenvalue weighted by molar-refractivity contribution is -0.0825. The van der Waals surface area contributed by atoms with Gasteiger partial charge in [-0.2, -0.15) is 0 Å². The SMILES string of the molecule is Cc1cc(COC2(C)CCN(C(=O)OC(C)(C)C)CC2)no1. The predicted molar refractivity (Wildman–Crippen MR) is 81.5 cm³/mol. The summed E-state index contributed by atoms with van der Waals surface area (Å²) < 4.78 is 16.4. The van der Waals surface area contributed by atoms with E-state index in [0.29, 0.717) is 19.7 Å². The quantitative estimate of drug-likeness (QED) is 0.857. The van der Waals surface area contributed by atoms with Crippen molar-refractivity contribution in [1.82, 2.24) is 10.1 Å². The molecule has 1 aliphatic rings. The Morgan fingerprint density at radius 2 is 2.05 bits per heavy atom. The zero-order valence-corrected chi connectivity index (χ0v) is 14.1. The molecule has 124 valence electrons. The Balaban J connectivity index is 1.81. The molecular weight excluding hydrogens is 284 g/mol. The molecule has 6 heteroatoms. The molecule has 1 saturated heterocycles. The summed E-state index contributed by atoms with van der Waals surface area (Å²) in [5, 5.41) is 3.93. The summed E-state index contributed by atoms with van der Waals surface area (Å²) in [6, 6.07) is 1.87. The number of carbonyl (C=O) groups is 1. The number of aromatic nitrogens is 1. The third-order valence-electron chi connectivity index (χ3n) is 3.72. The van der Waals surface area contributed by atoms with Crippen LogP contribution in [0.1, 0.15) is 52.0 Å². The number of rotatable bonds is 3. The second-order valence-corrected chi connectivity index (χ2v) is 7.13. The van der Waals surface area contributed by atoms with E-state index in [4.69, 9.17) is 14.0 Å². The van der Waals surface area contributed by atoms with Gasteiger partial charge in [0, 0.05) is 19.2 Å². The molecule has 0 aliphatic carbocycles. The first-order valence-corrected chi connectivity index (χ1v) is 7.71. The number of hydrogen-bond acceptors (Lipinski definition) is 5. The van der Waals surface area contributed by atoms with Gasteiger partial charge in [0.2, 0.25) is 0 Å².